The molecule has 2 heterocycles. The number of carbonyl (C=O) groups excluding carboxylic acids is 1. The molecule has 1 aliphatic heterocycles. The maximum Gasteiger partial charge on any atom is 0.240 e. The molecule has 2 atom stereocenters. The highest BCUT2D eigenvalue weighted by Gasteiger charge is 2.44. The van der Waals surface area contributed by atoms with Crippen LogP contribution in [-0.4, -0.2) is 32.1 Å². The predicted octanol–water partition coefficient (Wildman–Crippen LogP) is 1.59. The van der Waals surface area contributed by atoms with Gasteiger partial charge in [0.2, 0.25) is 11.8 Å². The molecule has 2 aromatic rings. The quantitative estimate of drug-likeness (QED) is 0.662. The number of carbonyl (C=O) groups is 1. The number of benzene rings is 1. The molecule has 7 heteroatoms. The molecule has 128 valence electrons. The van der Waals surface area contributed by atoms with Crippen LogP contribution in [0.25, 0.3) is 0 Å². The van der Waals surface area contributed by atoms with Gasteiger partial charge in [0, 0.05) is 23.5 Å². The van der Waals surface area contributed by atoms with Crippen LogP contribution >= 0.6 is 0 Å². The average Bonchev–Trinajstić information content (AvgIpc) is 2.56. The first-order valence-electron chi connectivity index (χ1n) is 7.83. The molecule has 1 N–H and O–H groups in total. The number of rotatable bonds is 2. The molecule has 0 radical (unpaired) electrons. The topological polar surface area (TPSA) is 100 Å². The maximum atomic E-state index is 11.8. The van der Waals surface area contributed by atoms with Crippen molar-refractivity contribution < 1.29 is 14.6 Å². The fraction of sp³-hybridized carbons (Fsp3) is 0.333. The van der Waals surface area contributed by atoms with Crippen molar-refractivity contribution in [1.82, 2.24) is 9.55 Å². The number of hydrogen-bond acceptors (Lipinski definition) is 6. The van der Waals surface area contributed by atoms with E-state index < -0.39 is 17.7 Å². The van der Waals surface area contributed by atoms with Crippen molar-refractivity contribution in [1.29, 1.82) is 5.26 Å². The second-order valence-electron chi connectivity index (χ2n) is 6.44. The second kappa shape index (κ2) is 6.15. The van der Waals surface area contributed by atoms with Crippen LogP contribution in [0.1, 0.15) is 42.7 Å². The zero-order valence-corrected chi connectivity index (χ0v) is 14.2. The molecule has 3 rings (SSSR count). The van der Waals surface area contributed by atoms with Crippen molar-refractivity contribution in [2.45, 2.75) is 38.5 Å². The summed E-state index contributed by atoms with van der Waals surface area (Å²) in [5.41, 5.74) is 0.461. The molecule has 0 bridgehead atoms. The van der Waals surface area contributed by atoms with E-state index in [-0.39, 0.29) is 11.4 Å². The Hall–Kier alpha value is -2.98. The van der Waals surface area contributed by atoms with Gasteiger partial charge in [0.05, 0.1) is 6.04 Å². The molecule has 0 saturated carbocycles. The van der Waals surface area contributed by atoms with Crippen LogP contribution in [0.2, 0.25) is 0 Å². The van der Waals surface area contributed by atoms with Crippen LogP contribution in [0, 0.1) is 11.5 Å². The van der Waals surface area contributed by atoms with Gasteiger partial charge in [-0.3, -0.25) is 4.79 Å². The number of nitriles is 1. The molecule has 1 aromatic carbocycles. The van der Waals surface area contributed by atoms with Crippen molar-refractivity contribution >= 4 is 5.78 Å². The molecule has 7 nitrogen and oxygen atoms in total. The molecule has 1 aliphatic rings. The normalized spacial score (nSPS) is 21.8. The number of aromatic nitrogens is 2. The average molecular weight is 338 g/mol. The Morgan fingerprint density at radius 1 is 1.48 bits per heavy atom. The second-order valence-corrected chi connectivity index (χ2v) is 6.44. The van der Waals surface area contributed by atoms with E-state index >= 15 is 0 Å². The van der Waals surface area contributed by atoms with Gasteiger partial charge in [0.1, 0.15) is 17.5 Å². The smallest absolute Gasteiger partial charge is 0.240 e. The molecular formula is C18H18N4O3. The molecule has 0 spiro atoms. The van der Waals surface area contributed by atoms with E-state index in [1.165, 1.54) is 13.1 Å². The van der Waals surface area contributed by atoms with Gasteiger partial charge in [-0.25, -0.2) is 4.98 Å². The molecule has 0 saturated heterocycles. The van der Waals surface area contributed by atoms with Crippen molar-refractivity contribution in [3.05, 3.63) is 53.4 Å². The third-order valence-corrected chi connectivity index (χ3v) is 4.32. The Balaban J connectivity index is 2.29. The minimum absolute atomic E-state index is 0.0843. The van der Waals surface area contributed by atoms with Crippen molar-refractivity contribution in [2.24, 2.45) is 4.99 Å². The Morgan fingerprint density at radius 3 is 2.92 bits per heavy atom. The van der Waals surface area contributed by atoms with Gasteiger partial charge >= 0.3 is 0 Å². The fourth-order valence-corrected chi connectivity index (χ4v) is 3.01. The van der Waals surface area contributed by atoms with Crippen LogP contribution in [0.15, 0.2) is 41.7 Å². The minimum atomic E-state index is -0.941. The van der Waals surface area contributed by atoms with Gasteiger partial charge in [0.15, 0.2) is 5.78 Å². The Morgan fingerprint density at radius 2 is 2.24 bits per heavy atom. The van der Waals surface area contributed by atoms with E-state index in [1.54, 1.807) is 55.1 Å². The lowest BCUT2D eigenvalue weighted by Crippen LogP contribution is -2.52. The van der Waals surface area contributed by atoms with Crippen LogP contribution in [0.4, 0.5) is 0 Å². The summed E-state index contributed by atoms with van der Waals surface area (Å²) >= 11 is 0. The summed E-state index contributed by atoms with van der Waals surface area (Å²) in [4.78, 5) is 19.6. The SMILES string of the molecule is CC(=O)c1ccc2c(c1)C(n1cccnc1=NC#N)C(O)C(C)(C)O2. The van der Waals surface area contributed by atoms with Crippen LogP contribution in [0.5, 0.6) is 5.75 Å². The Kier molecular flexibility index (Phi) is 4.15. The van der Waals surface area contributed by atoms with Gasteiger partial charge < -0.3 is 14.4 Å². The summed E-state index contributed by atoms with van der Waals surface area (Å²) < 4.78 is 7.55. The zero-order valence-electron chi connectivity index (χ0n) is 14.2. The van der Waals surface area contributed by atoms with Gasteiger partial charge in [-0.15, -0.1) is 4.99 Å². The van der Waals surface area contributed by atoms with Crippen molar-refractivity contribution in [3.8, 4) is 11.9 Å². The van der Waals surface area contributed by atoms with E-state index in [2.05, 4.69) is 9.98 Å². The van der Waals surface area contributed by atoms with E-state index in [9.17, 15) is 9.90 Å². The summed E-state index contributed by atoms with van der Waals surface area (Å²) in [7, 11) is 0. The lowest BCUT2D eigenvalue weighted by Gasteiger charge is -2.42. The highest BCUT2D eigenvalue weighted by Crippen LogP contribution is 2.41. The summed E-state index contributed by atoms with van der Waals surface area (Å²) in [6, 6.07) is 6.22. The summed E-state index contributed by atoms with van der Waals surface area (Å²) in [5.74, 6) is 0.489. The number of ether oxygens (including phenoxy) is 1. The lowest BCUT2D eigenvalue weighted by molar-refractivity contribution is -0.0646. The Labute approximate surface area is 144 Å². The zero-order chi connectivity index (χ0) is 18.2. The van der Waals surface area contributed by atoms with E-state index in [4.69, 9.17) is 10.00 Å². The molecule has 0 aliphatic carbocycles. The summed E-state index contributed by atoms with van der Waals surface area (Å²) in [5, 5.41) is 19.9. The Bertz CT molecular complexity index is 940. The molecular weight excluding hydrogens is 320 g/mol. The fourth-order valence-electron chi connectivity index (χ4n) is 3.01. The monoisotopic (exact) mass is 338 g/mol. The van der Waals surface area contributed by atoms with Crippen LogP contribution in [0.3, 0.4) is 0 Å². The minimum Gasteiger partial charge on any atom is -0.485 e. The molecule has 1 aromatic heterocycles. The van der Waals surface area contributed by atoms with E-state index in [1.807, 2.05) is 0 Å². The lowest BCUT2D eigenvalue weighted by atomic mass is 9.85. The van der Waals surface area contributed by atoms with Gasteiger partial charge in [-0.2, -0.15) is 5.26 Å². The number of ketones is 1. The third-order valence-electron chi connectivity index (χ3n) is 4.32. The largest absolute Gasteiger partial charge is 0.485 e. The first kappa shape index (κ1) is 16.9. The van der Waals surface area contributed by atoms with Gasteiger partial charge in [-0.1, -0.05) is 0 Å². The third kappa shape index (κ3) is 2.92. The van der Waals surface area contributed by atoms with Crippen LogP contribution in [-0.2, 0) is 0 Å². The first-order chi connectivity index (χ1) is 11.8. The van der Waals surface area contributed by atoms with Gasteiger partial charge in [0.25, 0.3) is 0 Å². The van der Waals surface area contributed by atoms with Crippen molar-refractivity contribution in [2.75, 3.05) is 0 Å². The molecule has 0 amide bonds. The number of nitrogens with zero attached hydrogens (tertiary/aromatic N) is 4. The number of fused-ring (bicyclic) bond motifs is 1. The highest BCUT2D eigenvalue weighted by molar-refractivity contribution is 5.94. The predicted molar refractivity (Wildman–Crippen MR) is 88.7 cm³/mol. The molecule has 25 heavy (non-hydrogen) atoms. The maximum absolute atomic E-state index is 11.8. The van der Waals surface area contributed by atoms with Gasteiger partial charge in [-0.05, 0) is 45.0 Å². The van der Waals surface area contributed by atoms with E-state index in [0.29, 0.717) is 16.9 Å². The molecule has 2 unspecified atom stereocenters. The highest BCUT2D eigenvalue weighted by atomic mass is 16.5. The number of aliphatic hydroxyl groups is 1. The number of aliphatic hydroxyl groups excluding tert-OH is 1. The summed E-state index contributed by atoms with van der Waals surface area (Å²) in [6.07, 6.45) is 4.01. The number of hydrogen-bond donors (Lipinski definition) is 1. The molecule has 0 fully saturated rings. The van der Waals surface area contributed by atoms with E-state index in [0.717, 1.165) is 0 Å². The standard InChI is InChI=1S/C18H18N4O3/c1-11(23)12-5-6-14-13(9-12)15(16(24)18(2,3)25-14)22-8-4-7-20-17(22)21-10-19/h4-9,15-16,24H,1-3H3. The number of Topliss-reactive ketones (excluding diaryl/α,β-unsaturated/α-hetero) is 1. The first-order valence-corrected chi connectivity index (χ1v) is 7.83. The van der Waals surface area contributed by atoms with Crippen LogP contribution < -0.4 is 10.4 Å². The van der Waals surface area contributed by atoms with Crippen molar-refractivity contribution in [3.63, 3.8) is 0 Å². The summed E-state index contributed by atoms with van der Waals surface area (Å²) in [6.45, 7) is 5.05.